The molecule has 0 radical (unpaired) electrons. The Morgan fingerprint density at radius 3 is 2.59 bits per heavy atom. The molecule has 5 N–H and O–H groups in total. The average molecular weight is 540 g/mol. The summed E-state index contributed by atoms with van der Waals surface area (Å²) in [5.74, 6) is 0.555. The van der Waals surface area contributed by atoms with Crippen molar-refractivity contribution in [1.82, 2.24) is 20.0 Å². The van der Waals surface area contributed by atoms with Crippen molar-refractivity contribution in [2.24, 2.45) is 10.7 Å². The van der Waals surface area contributed by atoms with Gasteiger partial charge in [0, 0.05) is 36.8 Å². The number of aliphatic imine (C=N–C) groups is 1. The predicted molar refractivity (Wildman–Crippen MR) is 134 cm³/mol. The molecule has 0 atom stereocenters. The Bertz CT molecular complexity index is 1230. The molecule has 1 aromatic carbocycles. The van der Waals surface area contributed by atoms with E-state index in [1.165, 1.54) is 0 Å². The van der Waals surface area contributed by atoms with Crippen LogP contribution in [0.5, 0.6) is 0 Å². The highest BCUT2D eigenvalue weighted by Gasteiger charge is 2.42. The number of thioether (sulfide) groups is 1. The smallest absolute Gasteiger partial charge is 0.383 e. The number of hydrogen-bond acceptors (Lipinski definition) is 8. The largest absolute Gasteiger partial charge is 0.416 e. The molecule has 10 nitrogen and oxygen atoms in total. The fraction of sp³-hybridized carbons (Fsp3) is 0.565. The zero-order valence-corrected chi connectivity index (χ0v) is 20.7. The molecule has 2 aliphatic heterocycles. The van der Waals surface area contributed by atoms with Gasteiger partial charge in [0.1, 0.15) is 5.60 Å². The van der Waals surface area contributed by atoms with Crippen molar-refractivity contribution in [3.63, 3.8) is 0 Å². The first-order chi connectivity index (χ1) is 17.5. The monoisotopic (exact) mass is 539 g/mol. The summed E-state index contributed by atoms with van der Waals surface area (Å²) in [6.07, 6.45) is -1.47. The van der Waals surface area contributed by atoms with Crippen molar-refractivity contribution in [2.45, 2.75) is 49.5 Å². The third kappa shape index (κ3) is 5.27. The molecule has 14 heteroatoms. The number of carbonyl (C=O) groups is 2. The lowest BCUT2D eigenvalue weighted by atomic mass is 9.81. The molecule has 2 amide bonds. The fourth-order valence-corrected chi connectivity index (χ4v) is 6.24. The Morgan fingerprint density at radius 2 is 1.97 bits per heavy atom. The first-order valence-corrected chi connectivity index (χ1v) is 13.1. The van der Waals surface area contributed by atoms with Crippen LogP contribution in [0.15, 0.2) is 23.2 Å². The Kier molecular flexibility index (Phi) is 6.83. The van der Waals surface area contributed by atoms with Crippen molar-refractivity contribution in [2.75, 3.05) is 37.2 Å². The number of rotatable bonds is 6. The Hall–Kier alpha value is -2.84. The molecule has 0 unspecified atom stereocenters. The second-order valence-electron chi connectivity index (χ2n) is 9.70. The molecule has 1 aliphatic carbocycles. The topological polar surface area (TPSA) is 138 Å². The van der Waals surface area contributed by atoms with Gasteiger partial charge in [-0.1, -0.05) is 0 Å². The number of aromatic nitrogens is 2. The van der Waals surface area contributed by atoms with Crippen LogP contribution in [0.3, 0.4) is 0 Å². The van der Waals surface area contributed by atoms with E-state index in [9.17, 15) is 27.9 Å². The summed E-state index contributed by atoms with van der Waals surface area (Å²) in [4.78, 5) is 30.9. The number of nitrogens with one attached hydrogen (secondary N) is 2. The maximum atomic E-state index is 13.2. The van der Waals surface area contributed by atoms with E-state index in [1.54, 1.807) is 11.8 Å². The molecule has 37 heavy (non-hydrogen) atoms. The summed E-state index contributed by atoms with van der Waals surface area (Å²) < 4.78 is 40.3. The summed E-state index contributed by atoms with van der Waals surface area (Å²) in [6.45, 7) is 1.93. The van der Waals surface area contributed by atoms with Crippen LogP contribution in [0.25, 0.3) is 10.9 Å². The van der Waals surface area contributed by atoms with Gasteiger partial charge in [0.05, 0.1) is 28.7 Å². The molecule has 200 valence electrons. The second kappa shape index (κ2) is 9.80. The first-order valence-electron chi connectivity index (χ1n) is 12.1. The molecule has 3 heterocycles. The number of benzene rings is 1. The fourth-order valence-electron chi connectivity index (χ4n) is 5.21. The third-order valence-corrected chi connectivity index (χ3v) is 8.36. The Labute approximate surface area is 214 Å². The minimum absolute atomic E-state index is 0.0370. The van der Waals surface area contributed by atoms with Crippen LogP contribution in [0, 0.1) is 0 Å². The number of fused-ring (bicyclic) bond motifs is 1. The highest BCUT2D eigenvalue weighted by atomic mass is 32.2. The maximum absolute atomic E-state index is 13.2. The molecule has 3 aliphatic rings. The average Bonchev–Trinajstić information content (AvgIpc) is 3.49. The molecule has 0 spiro atoms. The van der Waals surface area contributed by atoms with Gasteiger partial charge in [0.2, 0.25) is 5.91 Å². The van der Waals surface area contributed by atoms with Gasteiger partial charge in [-0.2, -0.15) is 17.9 Å². The molecule has 1 aromatic heterocycles. The number of aliphatic hydroxyl groups is 1. The van der Waals surface area contributed by atoms with Gasteiger partial charge in [-0.05, 0) is 43.9 Å². The number of nitrogens with zero attached hydrogens (tertiary/aromatic N) is 4. The standard InChI is InChI=1S/C23H28F3N7O3S/c24-23(25,26)13-1-2-17-16(9-13)19(31-33(17)21(27)35)29-10-18(34)30-14-11-32(12-14)15-3-5-22(36,6-4-15)20-28-7-8-37-20/h1-2,9,14-15,36H,3-8,10-12H2,(H2,27,35)(H,29,31)(H,30,34). The number of halogens is 3. The van der Waals surface area contributed by atoms with E-state index in [0.717, 1.165) is 53.1 Å². The number of carbonyl (C=O) groups excluding carboxylic acids is 2. The molecule has 0 bridgehead atoms. The Balaban J connectivity index is 1.13. The van der Waals surface area contributed by atoms with Crippen LogP contribution in [-0.4, -0.2) is 86.4 Å². The van der Waals surface area contributed by atoms with Gasteiger partial charge in [-0.3, -0.25) is 14.7 Å². The summed E-state index contributed by atoms with van der Waals surface area (Å²) >= 11 is 1.65. The second-order valence-corrected chi connectivity index (χ2v) is 10.8. The maximum Gasteiger partial charge on any atom is 0.416 e. The lowest BCUT2D eigenvalue weighted by Gasteiger charge is -2.48. The van der Waals surface area contributed by atoms with Gasteiger partial charge in [0.15, 0.2) is 5.82 Å². The van der Waals surface area contributed by atoms with Gasteiger partial charge < -0.3 is 21.5 Å². The molecule has 2 aromatic rings. The zero-order chi connectivity index (χ0) is 26.4. The number of alkyl halides is 3. The van der Waals surface area contributed by atoms with E-state index in [2.05, 4.69) is 25.6 Å². The van der Waals surface area contributed by atoms with Crippen molar-refractivity contribution >= 4 is 45.5 Å². The van der Waals surface area contributed by atoms with Gasteiger partial charge in [-0.15, -0.1) is 16.9 Å². The lowest BCUT2D eigenvalue weighted by Crippen LogP contribution is -2.63. The van der Waals surface area contributed by atoms with E-state index in [0.29, 0.717) is 32.0 Å². The van der Waals surface area contributed by atoms with E-state index in [4.69, 9.17) is 5.73 Å². The molecule has 5 rings (SSSR count). The molecule has 2 fully saturated rings. The number of amides is 2. The molecular formula is C23H28F3N7O3S. The van der Waals surface area contributed by atoms with Crippen LogP contribution in [0.1, 0.15) is 31.2 Å². The molecule has 1 saturated heterocycles. The number of nitrogens with two attached hydrogens (primary N) is 1. The van der Waals surface area contributed by atoms with E-state index in [-0.39, 0.29) is 35.2 Å². The highest BCUT2D eigenvalue weighted by Crippen LogP contribution is 2.38. The predicted octanol–water partition coefficient (Wildman–Crippen LogP) is 2.01. The van der Waals surface area contributed by atoms with Crippen LogP contribution >= 0.6 is 11.8 Å². The van der Waals surface area contributed by atoms with Gasteiger partial charge in [0.25, 0.3) is 0 Å². The van der Waals surface area contributed by atoms with Gasteiger partial charge >= 0.3 is 12.2 Å². The van der Waals surface area contributed by atoms with E-state index >= 15 is 0 Å². The summed E-state index contributed by atoms with van der Waals surface area (Å²) in [7, 11) is 0. The van der Waals surface area contributed by atoms with Crippen LogP contribution in [0.2, 0.25) is 0 Å². The van der Waals surface area contributed by atoms with E-state index in [1.807, 2.05) is 0 Å². The Morgan fingerprint density at radius 1 is 1.24 bits per heavy atom. The van der Waals surface area contributed by atoms with Crippen LogP contribution in [0.4, 0.5) is 23.8 Å². The summed E-state index contributed by atoms with van der Waals surface area (Å²) in [5.41, 5.74) is 3.70. The number of primary amides is 1. The first kappa shape index (κ1) is 25.8. The zero-order valence-electron chi connectivity index (χ0n) is 19.9. The third-order valence-electron chi connectivity index (χ3n) is 7.19. The molecule has 1 saturated carbocycles. The SMILES string of the molecule is NC(=O)n1nc(NCC(=O)NC2CN(C3CCC(O)(C4=NCCS4)CC3)C2)c2cc(C(F)(F)F)ccc21. The highest BCUT2D eigenvalue weighted by molar-refractivity contribution is 8.14. The minimum Gasteiger partial charge on any atom is -0.383 e. The van der Waals surface area contributed by atoms with Crippen LogP contribution < -0.4 is 16.4 Å². The van der Waals surface area contributed by atoms with E-state index < -0.39 is 23.4 Å². The number of likely N-dealkylation sites (tertiary alicyclic amines) is 1. The van der Waals surface area contributed by atoms with Crippen molar-refractivity contribution < 1.29 is 27.9 Å². The minimum atomic E-state index is -4.58. The van der Waals surface area contributed by atoms with Crippen molar-refractivity contribution in [3.05, 3.63) is 23.8 Å². The van der Waals surface area contributed by atoms with Crippen LogP contribution in [-0.2, 0) is 11.0 Å². The summed E-state index contributed by atoms with van der Waals surface area (Å²) in [6, 6.07) is 2.20. The lowest BCUT2D eigenvalue weighted by molar-refractivity contribution is -0.137. The number of anilines is 1. The number of hydrogen-bond donors (Lipinski definition) is 4. The normalized spacial score (nSPS) is 25.1. The summed E-state index contributed by atoms with van der Waals surface area (Å²) in [5, 5.41) is 21.4. The molecular weight excluding hydrogens is 511 g/mol. The van der Waals surface area contributed by atoms with Crippen molar-refractivity contribution in [1.29, 1.82) is 0 Å². The van der Waals surface area contributed by atoms with Gasteiger partial charge in [-0.25, -0.2) is 4.79 Å². The van der Waals surface area contributed by atoms with Crippen molar-refractivity contribution in [3.8, 4) is 0 Å². The quantitative estimate of drug-likeness (QED) is 0.441.